The van der Waals surface area contributed by atoms with Gasteiger partial charge in [-0.2, -0.15) is 0 Å². The summed E-state index contributed by atoms with van der Waals surface area (Å²) in [6.07, 6.45) is 4.56. The van der Waals surface area contributed by atoms with Gasteiger partial charge in [0.1, 0.15) is 0 Å². The zero-order valence-electron chi connectivity index (χ0n) is 5.99. The molecule has 0 saturated heterocycles. The van der Waals surface area contributed by atoms with Crippen molar-refractivity contribution in [1.82, 2.24) is 0 Å². The van der Waals surface area contributed by atoms with Crippen LogP contribution < -0.4 is 0 Å². The molecule has 0 bridgehead atoms. The molecule has 47 valence electrons. The number of ether oxygens (including phenoxy) is 1. The van der Waals surface area contributed by atoms with E-state index < -0.39 is 0 Å². The first-order valence-corrected chi connectivity index (χ1v) is 2.69. The molecule has 0 heterocycles. The van der Waals surface area contributed by atoms with Gasteiger partial charge in [0.25, 0.3) is 0 Å². The summed E-state index contributed by atoms with van der Waals surface area (Å²) in [5, 5.41) is 0. The summed E-state index contributed by atoms with van der Waals surface area (Å²) in [5.41, 5.74) is 0.190. The lowest BCUT2D eigenvalue weighted by Crippen LogP contribution is -1.98. The average molecular weight is 113 g/mol. The van der Waals surface area contributed by atoms with Crippen molar-refractivity contribution in [3.63, 3.8) is 0 Å². The minimum absolute atomic E-state index is 0.190. The van der Waals surface area contributed by atoms with Gasteiger partial charge in [0, 0.05) is 0 Å². The van der Waals surface area contributed by atoms with Crippen LogP contribution in [0.5, 0.6) is 0 Å². The molecule has 0 rings (SSSR count). The van der Waals surface area contributed by atoms with Crippen LogP contribution >= 0.6 is 0 Å². The van der Waals surface area contributed by atoms with Crippen LogP contribution in [0, 0.1) is 11.7 Å². The van der Waals surface area contributed by atoms with Crippen LogP contribution in [0.25, 0.3) is 0 Å². The van der Waals surface area contributed by atoms with Gasteiger partial charge in [-0.3, -0.25) is 0 Å². The highest BCUT2D eigenvalue weighted by molar-refractivity contribution is 4.82. The third-order valence-corrected chi connectivity index (χ3v) is 0.610. The molecule has 0 spiro atoms. The van der Waals surface area contributed by atoms with Crippen molar-refractivity contribution in [1.29, 1.82) is 0 Å². The zero-order valence-corrected chi connectivity index (χ0v) is 5.99. The Hall–Kier alpha value is -0.460. The van der Waals surface area contributed by atoms with Gasteiger partial charge in [-0.25, -0.2) is 0 Å². The highest BCUT2D eigenvalue weighted by Gasteiger charge is 2.02. The number of allylic oxidation sites excluding steroid dienone is 1. The fraction of sp³-hybridized carbons (Fsp3) is 0.714. The standard InChI is InChI=1S/C7H13O/c1-7(2,3)5-6-8-4/h5H,1-4H3. The molecule has 0 fully saturated rings. The highest BCUT2D eigenvalue weighted by atomic mass is 16.5. The van der Waals surface area contributed by atoms with Gasteiger partial charge >= 0.3 is 0 Å². The normalized spacial score (nSPS) is 12.5. The van der Waals surface area contributed by atoms with Crippen LogP contribution in [-0.4, -0.2) is 7.11 Å². The third kappa shape index (κ3) is 5.54. The first-order valence-electron chi connectivity index (χ1n) is 2.69. The molecule has 0 aliphatic heterocycles. The van der Waals surface area contributed by atoms with Crippen molar-refractivity contribution < 1.29 is 4.74 Å². The van der Waals surface area contributed by atoms with Gasteiger partial charge in [0.05, 0.1) is 7.11 Å². The Balaban J connectivity index is 3.52. The van der Waals surface area contributed by atoms with Crippen molar-refractivity contribution in [2.45, 2.75) is 20.8 Å². The maximum atomic E-state index is 4.61. The molecule has 1 nitrogen and oxygen atoms in total. The van der Waals surface area contributed by atoms with Gasteiger partial charge in [0.2, 0.25) is 0 Å². The summed E-state index contributed by atoms with van der Waals surface area (Å²) in [6, 6.07) is 0. The molecular weight excluding hydrogens is 100 g/mol. The lowest BCUT2D eigenvalue weighted by atomic mass is 9.97. The van der Waals surface area contributed by atoms with Crippen molar-refractivity contribution >= 4 is 0 Å². The maximum Gasteiger partial charge on any atom is 0.156 e. The van der Waals surface area contributed by atoms with E-state index in [1.807, 2.05) is 6.08 Å². The summed E-state index contributed by atoms with van der Waals surface area (Å²) in [5.74, 6) is 0. The van der Waals surface area contributed by atoms with Gasteiger partial charge < -0.3 is 4.74 Å². The van der Waals surface area contributed by atoms with E-state index in [1.165, 1.54) is 0 Å². The van der Waals surface area contributed by atoms with Crippen LogP contribution in [0.15, 0.2) is 6.08 Å². The van der Waals surface area contributed by atoms with E-state index in [2.05, 4.69) is 31.8 Å². The highest BCUT2D eigenvalue weighted by Crippen LogP contribution is 2.13. The van der Waals surface area contributed by atoms with Crippen LogP contribution in [0.1, 0.15) is 20.8 Å². The van der Waals surface area contributed by atoms with E-state index in [4.69, 9.17) is 0 Å². The molecule has 1 radical (unpaired) electrons. The van der Waals surface area contributed by atoms with Gasteiger partial charge in [0.15, 0.2) is 6.26 Å². The number of hydrogen-bond donors (Lipinski definition) is 0. The summed E-state index contributed by atoms with van der Waals surface area (Å²) < 4.78 is 4.61. The summed E-state index contributed by atoms with van der Waals surface area (Å²) in [7, 11) is 1.60. The van der Waals surface area contributed by atoms with E-state index in [-0.39, 0.29) is 5.41 Å². The Labute approximate surface area is 51.4 Å². The number of hydrogen-bond acceptors (Lipinski definition) is 1. The van der Waals surface area contributed by atoms with Crippen LogP contribution in [0.4, 0.5) is 0 Å². The second-order valence-corrected chi connectivity index (χ2v) is 2.83. The Morgan fingerprint density at radius 3 is 2.00 bits per heavy atom. The first-order chi connectivity index (χ1) is 3.56. The van der Waals surface area contributed by atoms with Crippen LogP contribution in [0.2, 0.25) is 0 Å². The van der Waals surface area contributed by atoms with Crippen molar-refractivity contribution in [3.05, 3.63) is 12.3 Å². The molecule has 0 amide bonds. The van der Waals surface area contributed by atoms with E-state index in [0.717, 1.165) is 0 Å². The lowest BCUT2D eigenvalue weighted by Gasteiger charge is -2.09. The average Bonchev–Trinajstić information content (AvgIpc) is 1.59. The molecule has 8 heavy (non-hydrogen) atoms. The van der Waals surface area contributed by atoms with Crippen molar-refractivity contribution in [2.24, 2.45) is 5.41 Å². The van der Waals surface area contributed by atoms with E-state index in [9.17, 15) is 0 Å². The minimum Gasteiger partial charge on any atom is -0.493 e. The molecule has 0 N–H and O–H groups in total. The smallest absolute Gasteiger partial charge is 0.156 e. The van der Waals surface area contributed by atoms with Crippen molar-refractivity contribution in [3.8, 4) is 0 Å². The first kappa shape index (κ1) is 7.54. The zero-order chi connectivity index (χ0) is 6.62. The molecule has 0 atom stereocenters. The molecule has 0 aromatic carbocycles. The van der Waals surface area contributed by atoms with Crippen molar-refractivity contribution in [2.75, 3.05) is 7.11 Å². The second kappa shape index (κ2) is 2.75. The lowest BCUT2D eigenvalue weighted by molar-refractivity contribution is 0.304. The SMILES string of the molecule is CO[C]=CC(C)(C)C. The molecule has 0 aromatic rings. The van der Waals surface area contributed by atoms with E-state index in [0.29, 0.717) is 0 Å². The molecule has 0 aromatic heterocycles. The minimum atomic E-state index is 0.190. The predicted octanol–water partition coefficient (Wildman–Crippen LogP) is 2.00. The Kier molecular flexibility index (Phi) is 2.59. The molecule has 0 unspecified atom stereocenters. The second-order valence-electron chi connectivity index (χ2n) is 2.83. The number of rotatable bonds is 1. The third-order valence-electron chi connectivity index (χ3n) is 0.610. The van der Waals surface area contributed by atoms with E-state index >= 15 is 0 Å². The van der Waals surface area contributed by atoms with Crippen LogP contribution in [0.3, 0.4) is 0 Å². The number of methoxy groups -OCH3 is 1. The predicted molar refractivity (Wildman–Crippen MR) is 34.3 cm³/mol. The molecule has 0 aliphatic rings. The summed E-state index contributed by atoms with van der Waals surface area (Å²) in [4.78, 5) is 0. The Bertz CT molecular complexity index is 76.9. The van der Waals surface area contributed by atoms with E-state index in [1.54, 1.807) is 7.11 Å². The Morgan fingerprint density at radius 2 is 1.88 bits per heavy atom. The van der Waals surface area contributed by atoms with Gasteiger partial charge in [-0.15, -0.1) is 0 Å². The van der Waals surface area contributed by atoms with Crippen LogP contribution in [-0.2, 0) is 4.74 Å². The molecule has 0 aliphatic carbocycles. The summed E-state index contributed by atoms with van der Waals surface area (Å²) in [6.45, 7) is 6.29. The quantitative estimate of drug-likeness (QED) is 0.472. The topological polar surface area (TPSA) is 9.23 Å². The van der Waals surface area contributed by atoms with Gasteiger partial charge in [-0.05, 0) is 11.5 Å². The monoisotopic (exact) mass is 113 g/mol. The molecule has 0 saturated carbocycles. The summed E-state index contributed by atoms with van der Waals surface area (Å²) >= 11 is 0. The maximum absolute atomic E-state index is 4.61. The molecular formula is C7H13O. The Morgan fingerprint density at radius 1 is 1.38 bits per heavy atom. The molecule has 1 heteroatoms. The largest absolute Gasteiger partial charge is 0.493 e. The fourth-order valence-corrected chi connectivity index (χ4v) is 0.236. The fourth-order valence-electron chi connectivity index (χ4n) is 0.236. The van der Waals surface area contributed by atoms with Gasteiger partial charge in [-0.1, -0.05) is 20.8 Å².